The molecule has 3 fully saturated rings. The molecule has 0 aromatic carbocycles. The van der Waals surface area contributed by atoms with Gasteiger partial charge in [0.2, 0.25) is 0 Å². The lowest BCUT2D eigenvalue weighted by Gasteiger charge is -2.55. The van der Waals surface area contributed by atoms with Gasteiger partial charge in [-0.1, -0.05) is 70.1 Å². The van der Waals surface area contributed by atoms with Crippen molar-refractivity contribution in [2.75, 3.05) is 0 Å². The maximum Gasteiger partial charge on any atom is 0.0578 e. The predicted octanol–water partition coefficient (Wildman–Crippen LogP) is 6.99. The van der Waals surface area contributed by atoms with Crippen molar-refractivity contribution in [2.45, 2.75) is 90.9 Å². The van der Waals surface area contributed by atoms with Crippen LogP contribution in [0.3, 0.4) is 0 Å². The highest BCUT2D eigenvalue weighted by molar-refractivity contribution is 7.81. The molecule has 4 aliphatic carbocycles. The van der Waals surface area contributed by atoms with E-state index in [9.17, 15) is 5.11 Å². The first kappa shape index (κ1) is 21.8. The SMILES string of the molecule is CC(C)[C@@H](S)/C=C/[C@H](C)[C@@H]1CC[C@@H]2C3=CC=C4C[C@H](O)CC[C@@]4(C)[C@@H]3CC[C@]21C. The van der Waals surface area contributed by atoms with Gasteiger partial charge in [-0.25, -0.2) is 0 Å². The molecule has 0 saturated heterocycles. The van der Waals surface area contributed by atoms with Gasteiger partial charge in [0.1, 0.15) is 0 Å². The van der Waals surface area contributed by atoms with E-state index in [-0.39, 0.29) is 6.10 Å². The minimum Gasteiger partial charge on any atom is -0.393 e. The van der Waals surface area contributed by atoms with E-state index in [1.54, 1.807) is 5.57 Å². The number of fused-ring (bicyclic) bond motifs is 5. The molecule has 2 heteroatoms. The zero-order valence-electron chi connectivity index (χ0n) is 19.2. The third-order valence-corrected chi connectivity index (χ3v) is 10.3. The smallest absolute Gasteiger partial charge is 0.0578 e. The molecule has 0 amide bonds. The summed E-state index contributed by atoms with van der Waals surface area (Å²) in [6.07, 6.45) is 18.0. The second-order valence-corrected chi connectivity index (χ2v) is 12.1. The summed E-state index contributed by atoms with van der Waals surface area (Å²) in [5.74, 6) is 3.46. The molecule has 162 valence electrons. The van der Waals surface area contributed by atoms with Gasteiger partial charge in [0, 0.05) is 5.25 Å². The molecule has 1 nitrogen and oxygen atoms in total. The van der Waals surface area contributed by atoms with Gasteiger partial charge in [0.25, 0.3) is 0 Å². The van der Waals surface area contributed by atoms with Crippen LogP contribution in [0.1, 0.15) is 79.6 Å². The summed E-state index contributed by atoms with van der Waals surface area (Å²) in [6, 6.07) is 0. The Balaban J connectivity index is 1.57. The molecular formula is C27H42OS. The van der Waals surface area contributed by atoms with E-state index in [0.717, 1.165) is 31.1 Å². The highest BCUT2D eigenvalue weighted by Gasteiger charge is 2.56. The van der Waals surface area contributed by atoms with Crippen molar-refractivity contribution in [3.63, 3.8) is 0 Å². The Morgan fingerprint density at radius 2 is 1.76 bits per heavy atom. The van der Waals surface area contributed by atoms with Crippen molar-refractivity contribution in [2.24, 2.45) is 40.4 Å². The van der Waals surface area contributed by atoms with Crippen molar-refractivity contribution in [3.05, 3.63) is 35.5 Å². The fourth-order valence-electron chi connectivity index (χ4n) is 7.53. The van der Waals surface area contributed by atoms with Gasteiger partial charge in [-0.15, -0.1) is 0 Å². The van der Waals surface area contributed by atoms with Crippen molar-refractivity contribution in [1.82, 2.24) is 0 Å². The Hall–Kier alpha value is -0.470. The molecule has 0 radical (unpaired) electrons. The first-order valence-corrected chi connectivity index (χ1v) is 12.6. The molecule has 0 aromatic heterocycles. The highest BCUT2D eigenvalue weighted by Crippen LogP contribution is 2.65. The van der Waals surface area contributed by atoms with Gasteiger partial charge in [-0.3, -0.25) is 0 Å². The fourth-order valence-corrected chi connectivity index (χ4v) is 7.63. The largest absolute Gasteiger partial charge is 0.393 e. The van der Waals surface area contributed by atoms with E-state index < -0.39 is 0 Å². The van der Waals surface area contributed by atoms with E-state index in [1.165, 1.54) is 31.3 Å². The van der Waals surface area contributed by atoms with Crippen LogP contribution >= 0.6 is 12.6 Å². The average Bonchev–Trinajstić information content (AvgIpc) is 3.03. The fraction of sp³-hybridized carbons (Fsp3) is 0.778. The van der Waals surface area contributed by atoms with E-state index in [0.29, 0.717) is 33.8 Å². The number of hydrogen-bond acceptors (Lipinski definition) is 2. The lowest BCUT2D eigenvalue weighted by atomic mass is 9.50. The molecule has 0 bridgehead atoms. The molecule has 0 unspecified atom stereocenters. The Bertz CT molecular complexity index is 718. The van der Waals surface area contributed by atoms with Gasteiger partial charge in [-0.2, -0.15) is 12.6 Å². The normalized spacial score (nSPS) is 44.0. The zero-order chi connectivity index (χ0) is 21.0. The first-order valence-electron chi connectivity index (χ1n) is 12.1. The van der Waals surface area contributed by atoms with Crippen LogP contribution in [0.5, 0.6) is 0 Å². The molecule has 0 aromatic rings. The first-order chi connectivity index (χ1) is 13.7. The number of rotatable bonds is 4. The summed E-state index contributed by atoms with van der Waals surface area (Å²) in [5, 5.41) is 10.6. The lowest BCUT2D eigenvalue weighted by molar-refractivity contribution is 0.0383. The van der Waals surface area contributed by atoms with Crippen LogP contribution in [0.2, 0.25) is 0 Å². The Labute approximate surface area is 184 Å². The highest BCUT2D eigenvalue weighted by atomic mass is 32.1. The molecule has 0 heterocycles. The third-order valence-electron chi connectivity index (χ3n) is 9.55. The van der Waals surface area contributed by atoms with Crippen molar-refractivity contribution >= 4 is 12.6 Å². The van der Waals surface area contributed by atoms with Crippen LogP contribution in [-0.4, -0.2) is 16.5 Å². The van der Waals surface area contributed by atoms with E-state index in [4.69, 9.17) is 12.6 Å². The van der Waals surface area contributed by atoms with Crippen LogP contribution in [0.25, 0.3) is 0 Å². The van der Waals surface area contributed by atoms with Crippen LogP contribution in [-0.2, 0) is 0 Å². The standard InChI is InChI=1S/C27H42OS/c1-17(2)25(29)11-6-18(3)22-9-10-23-21-8-7-19-16-20(28)12-14-26(19,4)24(21)13-15-27(22,23)5/h6-8,11,17-18,20,22-25,28-29H,9-10,12-16H2,1-5H3/b11-6+/t18-,20+,22-,23+,24+,25-,26+,27-/m0/s1. The third kappa shape index (κ3) is 3.61. The van der Waals surface area contributed by atoms with E-state index in [1.807, 2.05) is 0 Å². The Kier molecular flexibility index (Phi) is 5.92. The summed E-state index contributed by atoms with van der Waals surface area (Å²) >= 11 is 4.76. The average molecular weight is 415 g/mol. The molecule has 8 atom stereocenters. The predicted molar refractivity (Wildman–Crippen MR) is 127 cm³/mol. The minimum absolute atomic E-state index is 0.122. The quantitative estimate of drug-likeness (QED) is 0.375. The van der Waals surface area contributed by atoms with Crippen molar-refractivity contribution in [3.8, 4) is 0 Å². The second-order valence-electron chi connectivity index (χ2n) is 11.5. The molecule has 29 heavy (non-hydrogen) atoms. The molecule has 0 aliphatic heterocycles. The number of thiol groups is 1. The summed E-state index contributed by atoms with van der Waals surface area (Å²) in [4.78, 5) is 0. The van der Waals surface area contributed by atoms with Gasteiger partial charge < -0.3 is 5.11 Å². The van der Waals surface area contributed by atoms with Crippen molar-refractivity contribution in [1.29, 1.82) is 0 Å². The van der Waals surface area contributed by atoms with Gasteiger partial charge >= 0.3 is 0 Å². The lowest BCUT2D eigenvalue weighted by Crippen LogP contribution is -2.46. The minimum atomic E-state index is -0.122. The van der Waals surface area contributed by atoms with E-state index >= 15 is 0 Å². The second kappa shape index (κ2) is 7.90. The summed E-state index contributed by atoms with van der Waals surface area (Å²) in [6.45, 7) is 12.1. The van der Waals surface area contributed by atoms with Crippen molar-refractivity contribution < 1.29 is 5.11 Å². The van der Waals surface area contributed by atoms with Gasteiger partial charge in [-0.05, 0) is 85.4 Å². The van der Waals surface area contributed by atoms with Crippen LogP contribution in [0.4, 0.5) is 0 Å². The number of aliphatic hydroxyl groups excluding tert-OH is 1. The molecule has 4 aliphatic rings. The summed E-state index contributed by atoms with van der Waals surface area (Å²) < 4.78 is 0. The molecule has 1 N–H and O–H groups in total. The Morgan fingerprint density at radius 3 is 2.48 bits per heavy atom. The molecular weight excluding hydrogens is 372 g/mol. The monoisotopic (exact) mass is 414 g/mol. The summed E-state index contributed by atoms with van der Waals surface area (Å²) in [5.41, 5.74) is 4.01. The van der Waals surface area contributed by atoms with Gasteiger partial charge in [0.15, 0.2) is 0 Å². The maximum absolute atomic E-state index is 10.2. The molecule has 0 spiro atoms. The summed E-state index contributed by atoms with van der Waals surface area (Å²) in [7, 11) is 0. The number of allylic oxidation sites excluding steroid dienone is 4. The van der Waals surface area contributed by atoms with Gasteiger partial charge in [0.05, 0.1) is 6.10 Å². The van der Waals surface area contributed by atoms with Crippen LogP contribution in [0.15, 0.2) is 35.5 Å². The number of hydrogen-bond donors (Lipinski definition) is 2. The maximum atomic E-state index is 10.2. The topological polar surface area (TPSA) is 20.2 Å². The zero-order valence-corrected chi connectivity index (χ0v) is 20.1. The van der Waals surface area contributed by atoms with E-state index in [2.05, 4.69) is 58.9 Å². The van der Waals surface area contributed by atoms with Crippen LogP contribution in [0, 0.1) is 40.4 Å². The van der Waals surface area contributed by atoms with Crippen LogP contribution < -0.4 is 0 Å². The Morgan fingerprint density at radius 1 is 1.00 bits per heavy atom. The number of aliphatic hydroxyl groups is 1. The molecule has 4 rings (SSSR count). The molecule has 3 saturated carbocycles.